The maximum absolute atomic E-state index is 12.8. The van der Waals surface area contributed by atoms with Crippen LogP contribution in [0, 0.1) is 0 Å². The molecule has 0 aliphatic rings. The molecule has 0 saturated heterocycles. The van der Waals surface area contributed by atoms with Crippen LogP contribution in [-0.4, -0.2) is 47.3 Å². The van der Waals surface area contributed by atoms with Crippen LogP contribution in [0.25, 0.3) is 33.7 Å². The summed E-state index contributed by atoms with van der Waals surface area (Å²) in [6, 6.07) is 28.7. The SMILES string of the molecule is CCN(CC)S(=O)(=O)c1ccc(CCNc2cc(N)nc3nc(-c4ccccc4)c(-c4ccccc4)nc23)cc1.Cl. The van der Waals surface area contributed by atoms with Crippen molar-refractivity contribution in [3.8, 4) is 22.5 Å². The van der Waals surface area contributed by atoms with Crippen LogP contribution in [0.5, 0.6) is 0 Å². The average molecular weight is 589 g/mol. The number of pyridine rings is 1. The Bertz CT molecular complexity index is 1710. The molecule has 10 heteroatoms. The Kier molecular flexibility index (Phi) is 9.54. The van der Waals surface area contributed by atoms with Crippen LogP contribution < -0.4 is 11.1 Å². The number of fused-ring (bicyclic) bond motifs is 1. The van der Waals surface area contributed by atoms with Gasteiger partial charge in [0.15, 0.2) is 5.65 Å². The largest absolute Gasteiger partial charge is 0.384 e. The molecule has 3 aromatic carbocycles. The maximum Gasteiger partial charge on any atom is 0.243 e. The first-order valence-electron chi connectivity index (χ1n) is 13.3. The second kappa shape index (κ2) is 13.1. The Balaban J connectivity index is 0.00000387. The smallest absolute Gasteiger partial charge is 0.243 e. The normalized spacial score (nSPS) is 11.4. The lowest BCUT2D eigenvalue weighted by atomic mass is 10.0. The third-order valence-corrected chi connectivity index (χ3v) is 8.81. The third kappa shape index (κ3) is 6.48. The van der Waals surface area contributed by atoms with Gasteiger partial charge in [0.1, 0.15) is 11.3 Å². The summed E-state index contributed by atoms with van der Waals surface area (Å²) in [5, 5.41) is 3.45. The van der Waals surface area contributed by atoms with Crippen LogP contribution in [0.4, 0.5) is 11.5 Å². The number of rotatable bonds is 10. The van der Waals surface area contributed by atoms with Crippen LogP contribution in [-0.2, 0) is 16.4 Å². The Hall–Kier alpha value is -4.05. The zero-order chi connectivity index (χ0) is 28.1. The van der Waals surface area contributed by atoms with Crippen molar-refractivity contribution in [2.75, 3.05) is 30.7 Å². The summed E-state index contributed by atoms with van der Waals surface area (Å²) in [6.07, 6.45) is 0.677. The molecule has 5 aromatic rings. The Morgan fingerprint density at radius 2 is 1.34 bits per heavy atom. The summed E-state index contributed by atoms with van der Waals surface area (Å²) in [5.74, 6) is 0.349. The third-order valence-electron chi connectivity index (χ3n) is 6.75. The maximum atomic E-state index is 12.8. The van der Waals surface area contributed by atoms with E-state index in [9.17, 15) is 8.42 Å². The highest BCUT2D eigenvalue weighted by Crippen LogP contribution is 2.33. The van der Waals surface area contributed by atoms with Crippen molar-refractivity contribution in [2.24, 2.45) is 0 Å². The number of nitrogens with one attached hydrogen (secondary N) is 1. The molecule has 0 saturated carbocycles. The number of halogens is 1. The van der Waals surface area contributed by atoms with Gasteiger partial charge in [-0.1, -0.05) is 86.6 Å². The molecule has 0 aliphatic heterocycles. The van der Waals surface area contributed by atoms with E-state index in [1.807, 2.05) is 86.6 Å². The minimum absolute atomic E-state index is 0. The number of hydrogen-bond acceptors (Lipinski definition) is 7. The zero-order valence-electron chi connectivity index (χ0n) is 23.0. The van der Waals surface area contributed by atoms with Gasteiger partial charge < -0.3 is 11.1 Å². The number of nitrogens with two attached hydrogens (primary N) is 1. The van der Waals surface area contributed by atoms with Crippen molar-refractivity contribution in [1.82, 2.24) is 19.3 Å². The standard InChI is InChI=1S/C31H32N6O2S.ClH/c1-3-37(4-2)40(38,39)25-17-15-22(16-18-25)19-20-33-26-21-27(32)34-31-30(26)35-28(23-11-7-5-8-12-23)29(36-31)24-13-9-6-10-14-24;/h5-18,21H,3-4,19-20H2,1-2H3,(H3,32,33,34,36);1H. The van der Waals surface area contributed by atoms with E-state index in [0.717, 1.165) is 33.8 Å². The molecule has 8 nitrogen and oxygen atoms in total. The van der Waals surface area contributed by atoms with Crippen molar-refractivity contribution >= 4 is 45.1 Å². The summed E-state index contributed by atoms with van der Waals surface area (Å²) < 4.78 is 27.0. The summed E-state index contributed by atoms with van der Waals surface area (Å²) in [6.45, 7) is 5.15. The molecular formula is C31H33ClN6O2S. The van der Waals surface area contributed by atoms with Crippen molar-refractivity contribution in [1.29, 1.82) is 0 Å². The molecular weight excluding hydrogens is 556 g/mol. The minimum atomic E-state index is -3.48. The Morgan fingerprint density at radius 1 is 0.780 bits per heavy atom. The van der Waals surface area contributed by atoms with E-state index in [1.54, 1.807) is 18.2 Å². The summed E-state index contributed by atoms with van der Waals surface area (Å²) >= 11 is 0. The highest BCUT2D eigenvalue weighted by Gasteiger charge is 2.21. The fourth-order valence-electron chi connectivity index (χ4n) is 4.67. The number of aromatic nitrogens is 3. The molecule has 3 N–H and O–H groups in total. The quantitative estimate of drug-likeness (QED) is 0.204. The fraction of sp³-hybridized carbons (Fsp3) is 0.194. The molecule has 0 radical (unpaired) electrons. The van der Waals surface area contributed by atoms with Gasteiger partial charge >= 0.3 is 0 Å². The van der Waals surface area contributed by atoms with E-state index >= 15 is 0 Å². The summed E-state index contributed by atoms with van der Waals surface area (Å²) in [4.78, 5) is 14.8. The van der Waals surface area contributed by atoms with E-state index in [2.05, 4.69) is 10.3 Å². The molecule has 0 spiro atoms. The fourth-order valence-corrected chi connectivity index (χ4v) is 6.13. The first-order valence-corrected chi connectivity index (χ1v) is 14.8. The average Bonchev–Trinajstić information content (AvgIpc) is 2.98. The van der Waals surface area contributed by atoms with Crippen molar-refractivity contribution < 1.29 is 8.42 Å². The van der Waals surface area contributed by atoms with Gasteiger partial charge in [-0.05, 0) is 24.1 Å². The van der Waals surface area contributed by atoms with E-state index in [0.29, 0.717) is 47.9 Å². The van der Waals surface area contributed by atoms with Crippen LogP contribution in [0.2, 0.25) is 0 Å². The first-order chi connectivity index (χ1) is 19.4. The summed E-state index contributed by atoms with van der Waals surface area (Å²) in [5.41, 5.74) is 12.4. The van der Waals surface area contributed by atoms with Gasteiger partial charge in [0.05, 0.1) is 22.0 Å². The number of hydrogen-bond donors (Lipinski definition) is 2. The monoisotopic (exact) mass is 588 g/mol. The zero-order valence-corrected chi connectivity index (χ0v) is 24.6. The van der Waals surface area contributed by atoms with Crippen LogP contribution in [0.1, 0.15) is 19.4 Å². The van der Waals surface area contributed by atoms with E-state index in [-0.39, 0.29) is 12.4 Å². The van der Waals surface area contributed by atoms with Crippen LogP contribution in [0.15, 0.2) is 95.9 Å². The molecule has 0 bridgehead atoms. The van der Waals surface area contributed by atoms with Crippen LogP contribution >= 0.6 is 12.4 Å². The van der Waals surface area contributed by atoms with Crippen molar-refractivity contribution in [3.63, 3.8) is 0 Å². The molecule has 0 atom stereocenters. The van der Waals surface area contributed by atoms with Gasteiger partial charge in [-0.3, -0.25) is 0 Å². The van der Waals surface area contributed by atoms with Gasteiger partial charge in [0.25, 0.3) is 0 Å². The molecule has 0 aliphatic carbocycles. The minimum Gasteiger partial charge on any atom is -0.384 e. The molecule has 0 amide bonds. The predicted octanol–water partition coefficient (Wildman–Crippen LogP) is 6.05. The second-order valence-corrected chi connectivity index (χ2v) is 11.3. The molecule has 212 valence electrons. The van der Waals surface area contributed by atoms with Gasteiger partial charge in [0.2, 0.25) is 10.0 Å². The molecule has 0 unspecified atom stereocenters. The van der Waals surface area contributed by atoms with Crippen LogP contribution in [0.3, 0.4) is 0 Å². The lowest BCUT2D eigenvalue weighted by Gasteiger charge is -2.18. The Morgan fingerprint density at radius 3 is 1.90 bits per heavy atom. The van der Waals surface area contributed by atoms with E-state index in [4.69, 9.17) is 15.7 Å². The second-order valence-electron chi connectivity index (χ2n) is 9.33. The van der Waals surface area contributed by atoms with Gasteiger partial charge in [-0.15, -0.1) is 12.4 Å². The highest BCUT2D eigenvalue weighted by atomic mass is 35.5. The van der Waals surface area contributed by atoms with E-state index in [1.165, 1.54) is 4.31 Å². The van der Waals surface area contributed by atoms with Crippen molar-refractivity contribution in [3.05, 3.63) is 96.6 Å². The van der Waals surface area contributed by atoms with E-state index < -0.39 is 10.0 Å². The molecule has 0 fully saturated rings. The van der Waals surface area contributed by atoms with Gasteiger partial charge in [0, 0.05) is 36.8 Å². The number of benzene rings is 3. The predicted molar refractivity (Wildman–Crippen MR) is 169 cm³/mol. The number of nitrogen functional groups attached to an aromatic ring is 1. The molecule has 41 heavy (non-hydrogen) atoms. The van der Waals surface area contributed by atoms with Crippen molar-refractivity contribution in [2.45, 2.75) is 25.2 Å². The Labute approximate surface area is 247 Å². The molecule has 2 heterocycles. The first kappa shape index (κ1) is 29.9. The molecule has 2 aromatic heterocycles. The summed E-state index contributed by atoms with van der Waals surface area (Å²) in [7, 11) is -3.48. The highest BCUT2D eigenvalue weighted by molar-refractivity contribution is 7.89. The molecule has 5 rings (SSSR count). The number of nitrogens with zero attached hydrogens (tertiary/aromatic N) is 4. The van der Waals surface area contributed by atoms with Gasteiger partial charge in [-0.2, -0.15) is 4.31 Å². The topological polar surface area (TPSA) is 114 Å². The lowest BCUT2D eigenvalue weighted by molar-refractivity contribution is 0.445. The number of anilines is 2. The van der Waals surface area contributed by atoms with Gasteiger partial charge in [-0.25, -0.2) is 23.4 Å². The lowest BCUT2D eigenvalue weighted by Crippen LogP contribution is -2.30. The number of sulfonamides is 1.